The van der Waals surface area contributed by atoms with Gasteiger partial charge in [0.1, 0.15) is 6.61 Å². The lowest BCUT2D eigenvalue weighted by molar-refractivity contribution is 0.0942. The third kappa shape index (κ3) is 4.99. The number of halogens is 1. The average molecular weight is 378 g/mol. The fourth-order valence-corrected chi connectivity index (χ4v) is 2.28. The predicted molar refractivity (Wildman–Crippen MR) is 94.1 cm³/mol. The summed E-state index contributed by atoms with van der Waals surface area (Å²) >= 11 is 3.40. The van der Waals surface area contributed by atoms with Gasteiger partial charge >= 0.3 is 0 Å². The molecule has 4 nitrogen and oxygen atoms in total. The van der Waals surface area contributed by atoms with Crippen molar-refractivity contribution in [3.63, 3.8) is 0 Å². The second kappa shape index (κ2) is 8.02. The number of hydrogen-bond acceptors (Lipinski definition) is 3. The quantitative estimate of drug-likeness (QED) is 0.821. The van der Waals surface area contributed by atoms with Crippen LogP contribution in [0.2, 0.25) is 0 Å². The maximum absolute atomic E-state index is 12.0. The van der Waals surface area contributed by atoms with E-state index in [1.165, 1.54) is 0 Å². The fourth-order valence-electron chi connectivity index (χ4n) is 2.02. The van der Waals surface area contributed by atoms with Gasteiger partial charge in [0.2, 0.25) is 0 Å². The van der Waals surface area contributed by atoms with Crippen LogP contribution in [0.25, 0.3) is 0 Å². The number of nitrogens with one attached hydrogen (secondary N) is 1. The lowest BCUT2D eigenvalue weighted by atomic mass is 10.1. The molecule has 0 aromatic heterocycles. The van der Waals surface area contributed by atoms with Gasteiger partial charge < -0.3 is 14.8 Å². The van der Waals surface area contributed by atoms with Crippen LogP contribution in [0.15, 0.2) is 46.9 Å². The highest BCUT2D eigenvalue weighted by molar-refractivity contribution is 9.10. The normalized spacial score (nSPS) is 10.5. The Hall–Kier alpha value is -2.01. The lowest BCUT2D eigenvalue weighted by Crippen LogP contribution is -2.30. The van der Waals surface area contributed by atoms with E-state index in [9.17, 15) is 4.79 Å². The maximum Gasteiger partial charge on any atom is 0.251 e. The molecular formula is C18H20BrNO3. The van der Waals surface area contributed by atoms with Crippen molar-refractivity contribution >= 4 is 21.8 Å². The number of carbonyl (C=O) groups excluding carboxylic acids is 1. The Bertz CT molecular complexity index is 668. The Balaban J connectivity index is 2.10. The highest BCUT2D eigenvalue weighted by atomic mass is 79.9. The summed E-state index contributed by atoms with van der Waals surface area (Å²) in [5.41, 5.74) is 1.60. The van der Waals surface area contributed by atoms with E-state index in [0.29, 0.717) is 23.7 Å². The van der Waals surface area contributed by atoms with Gasteiger partial charge in [-0.05, 0) is 49.7 Å². The molecule has 0 heterocycles. The van der Waals surface area contributed by atoms with Crippen molar-refractivity contribution in [3.8, 4) is 11.5 Å². The summed E-state index contributed by atoms with van der Waals surface area (Å²) in [5.74, 6) is 1.02. The van der Waals surface area contributed by atoms with E-state index < -0.39 is 0 Å². The minimum Gasteiger partial charge on any atom is -0.493 e. The van der Waals surface area contributed by atoms with E-state index in [-0.39, 0.29) is 11.9 Å². The summed E-state index contributed by atoms with van der Waals surface area (Å²) in [6.45, 7) is 4.27. The van der Waals surface area contributed by atoms with Crippen LogP contribution >= 0.6 is 15.9 Å². The number of ether oxygens (including phenoxy) is 2. The molecule has 0 aliphatic heterocycles. The third-order valence-electron chi connectivity index (χ3n) is 3.15. The predicted octanol–water partition coefficient (Wildman–Crippen LogP) is 4.17. The summed E-state index contributed by atoms with van der Waals surface area (Å²) in [7, 11) is 1.56. The van der Waals surface area contributed by atoms with Crippen LogP contribution in [0.1, 0.15) is 29.8 Å². The highest BCUT2D eigenvalue weighted by Gasteiger charge is 2.12. The van der Waals surface area contributed by atoms with Gasteiger partial charge in [-0.1, -0.05) is 28.1 Å². The van der Waals surface area contributed by atoms with Crippen molar-refractivity contribution in [1.29, 1.82) is 0 Å². The number of amides is 1. The first kappa shape index (κ1) is 17.3. The standard InChI is InChI=1S/C18H20BrNO3/c1-12(2)20-18(21)14-6-9-16(17(10-14)22-3)23-11-13-4-7-15(19)8-5-13/h4-10,12H,11H2,1-3H3,(H,20,21). The molecule has 122 valence electrons. The third-order valence-corrected chi connectivity index (χ3v) is 3.68. The molecule has 23 heavy (non-hydrogen) atoms. The molecule has 1 N–H and O–H groups in total. The zero-order chi connectivity index (χ0) is 16.8. The molecule has 0 aliphatic rings. The SMILES string of the molecule is COc1cc(C(=O)NC(C)C)ccc1OCc1ccc(Br)cc1. The topological polar surface area (TPSA) is 47.6 Å². The summed E-state index contributed by atoms with van der Waals surface area (Å²) < 4.78 is 12.2. The van der Waals surface area contributed by atoms with E-state index in [2.05, 4.69) is 21.2 Å². The van der Waals surface area contributed by atoms with Crippen molar-refractivity contribution in [2.45, 2.75) is 26.5 Å². The minimum atomic E-state index is -0.127. The van der Waals surface area contributed by atoms with Crippen LogP contribution in [0.5, 0.6) is 11.5 Å². The molecule has 0 radical (unpaired) electrons. The summed E-state index contributed by atoms with van der Waals surface area (Å²) in [6.07, 6.45) is 0. The Morgan fingerprint density at radius 3 is 2.43 bits per heavy atom. The molecule has 0 saturated heterocycles. The van der Waals surface area contributed by atoms with Gasteiger partial charge in [0.15, 0.2) is 11.5 Å². The fraction of sp³-hybridized carbons (Fsp3) is 0.278. The van der Waals surface area contributed by atoms with Crippen LogP contribution in [0, 0.1) is 0 Å². The second-order valence-electron chi connectivity index (χ2n) is 5.41. The molecule has 0 bridgehead atoms. The van der Waals surface area contributed by atoms with Crippen molar-refractivity contribution in [1.82, 2.24) is 5.32 Å². The molecule has 0 unspecified atom stereocenters. The van der Waals surface area contributed by atoms with Crippen LogP contribution in [-0.2, 0) is 6.61 Å². The van der Waals surface area contributed by atoms with Crippen molar-refractivity contribution in [2.75, 3.05) is 7.11 Å². The summed E-state index contributed by atoms with van der Waals surface area (Å²) in [6, 6.07) is 13.2. The van der Waals surface area contributed by atoms with Gasteiger partial charge in [-0.25, -0.2) is 0 Å². The molecule has 0 aliphatic carbocycles. The minimum absolute atomic E-state index is 0.0850. The smallest absolute Gasteiger partial charge is 0.251 e. The zero-order valence-corrected chi connectivity index (χ0v) is 15.0. The number of hydrogen-bond donors (Lipinski definition) is 1. The first-order valence-electron chi connectivity index (χ1n) is 7.35. The highest BCUT2D eigenvalue weighted by Crippen LogP contribution is 2.29. The molecule has 0 fully saturated rings. The molecule has 0 atom stereocenters. The number of carbonyl (C=O) groups is 1. The number of benzene rings is 2. The van der Waals surface area contributed by atoms with Gasteiger partial charge in [0, 0.05) is 16.1 Å². The van der Waals surface area contributed by atoms with Gasteiger partial charge in [-0.3, -0.25) is 4.79 Å². The monoisotopic (exact) mass is 377 g/mol. The van der Waals surface area contributed by atoms with Crippen LogP contribution in [0.3, 0.4) is 0 Å². The van der Waals surface area contributed by atoms with Gasteiger partial charge in [-0.2, -0.15) is 0 Å². The Kier molecular flexibility index (Phi) is 6.04. The van der Waals surface area contributed by atoms with Crippen molar-refractivity contribution < 1.29 is 14.3 Å². The molecule has 5 heteroatoms. The summed E-state index contributed by atoms with van der Waals surface area (Å²) in [4.78, 5) is 12.0. The Morgan fingerprint density at radius 1 is 1.13 bits per heavy atom. The Morgan fingerprint density at radius 2 is 1.83 bits per heavy atom. The molecule has 0 spiro atoms. The van der Waals surface area contributed by atoms with E-state index in [0.717, 1.165) is 10.0 Å². The van der Waals surface area contributed by atoms with Crippen LogP contribution < -0.4 is 14.8 Å². The van der Waals surface area contributed by atoms with E-state index in [4.69, 9.17) is 9.47 Å². The average Bonchev–Trinajstić information content (AvgIpc) is 2.53. The van der Waals surface area contributed by atoms with Gasteiger partial charge in [-0.15, -0.1) is 0 Å². The zero-order valence-electron chi connectivity index (χ0n) is 13.4. The van der Waals surface area contributed by atoms with Crippen molar-refractivity contribution in [2.24, 2.45) is 0 Å². The van der Waals surface area contributed by atoms with Crippen LogP contribution in [-0.4, -0.2) is 19.1 Å². The first-order valence-corrected chi connectivity index (χ1v) is 8.15. The van der Waals surface area contributed by atoms with E-state index in [1.54, 1.807) is 25.3 Å². The van der Waals surface area contributed by atoms with Crippen molar-refractivity contribution in [3.05, 3.63) is 58.1 Å². The maximum atomic E-state index is 12.0. The number of rotatable bonds is 6. The van der Waals surface area contributed by atoms with Gasteiger partial charge in [0.25, 0.3) is 5.91 Å². The summed E-state index contributed by atoms with van der Waals surface area (Å²) in [5, 5.41) is 2.85. The van der Waals surface area contributed by atoms with E-state index >= 15 is 0 Å². The lowest BCUT2D eigenvalue weighted by Gasteiger charge is -2.13. The first-order chi connectivity index (χ1) is 11.0. The largest absolute Gasteiger partial charge is 0.493 e. The van der Waals surface area contributed by atoms with Gasteiger partial charge in [0.05, 0.1) is 7.11 Å². The van der Waals surface area contributed by atoms with E-state index in [1.807, 2.05) is 38.1 Å². The molecule has 1 amide bonds. The Labute approximate surface area is 144 Å². The molecular weight excluding hydrogens is 358 g/mol. The second-order valence-corrected chi connectivity index (χ2v) is 6.32. The molecule has 2 aromatic carbocycles. The van der Waals surface area contributed by atoms with Crippen LogP contribution in [0.4, 0.5) is 0 Å². The number of methoxy groups -OCH3 is 1. The molecule has 2 rings (SSSR count). The molecule has 0 saturated carbocycles. The molecule has 2 aromatic rings.